The van der Waals surface area contributed by atoms with E-state index in [-0.39, 0.29) is 0 Å². The molecule has 0 bridgehead atoms. The maximum atomic E-state index is 6.45. The first-order valence-electron chi connectivity index (χ1n) is 19.6. The molecule has 4 heteroatoms. The molecule has 4 nitrogen and oxygen atoms in total. The lowest BCUT2D eigenvalue weighted by molar-refractivity contribution is 0.656. The van der Waals surface area contributed by atoms with Gasteiger partial charge < -0.3 is 17.8 Å². The van der Waals surface area contributed by atoms with Gasteiger partial charge in [-0.2, -0.15) is 0 Å². The Hall–Kier alpha value is -7.82. The van der Waals surface area contributed by atoms with Crippen molar-refractivity contribution in [2.75, 3.05) is 0 Å². The Morgan fingerprint density at radius 2 is 0.690 bits per heavy atom. The lowest BCUT2D eigenvalue weighted by Crippen LogP contribution is -1.92. The molecule has 0 atom stereocenters. The van der Waals surface area contributed by atoms with Crippen molar-refractivity contribution in [2.45, 2.75) is 0 Å². The molecule has 0 spiro atoms. The minimum Gasteiger partial charge on any atom is -0.456 e. The summed E-state index contributed by atoms with van der Waals surface area (Å²) in [6.07, 6.45) is 0. The lowest BCUT2D eigenvalue weighted by atomic mass is 9.97. The summed E-state index contributed by atoms with van der Waals surface area (Å²) in [6, 6.07) is 66.8. The second-order valence-electron chi connectivity index (χ2n) is 15.3. The van der Waals surface area contributed by atoms with E-state index < -0.39 is 0 Å². The van der Waals surface area contributed by atoms with Crippen LogP contribution in [0.5, 0.6) is 0 Å². The number of aromatic nitrogens is 1. The Balaban J connectivity index is 0.910. The molecule has 0 unspecified atom stereocenters. The molecule has 58 heavy (non-hydrogen) atoms. The zero-order valence-electron chi connectivity index (χ0n) is 31.1. The molecule has 4 heterocycles. The standard InChI is InChI=1S/C54H31NO3/c1-2-11-38(12-3-1)55-47-15-6-4-13-39(47)41-26-34(17-21-48(41)55)37-20-24-52-44(29-37)46-30-45-43-28-36(19-23-51(43)57-53(45)31-54(46)58-52)33-10-8-9-32(25-33)35-18-22-50-42(27-35)40-14-5-7-16-49(40)56-50/h1-31H. The van der Waals surface area contributed by atoms with Crippen molar-refractivity contribution in [1.82, 2.24) is 4.57 Å². The third-order valence-corrected chi connectivity index (χ3v) is 12.0. The fraction of sp³-hybridized carbons (Fsp3) is 0. The SMILES string of the molecule is c1ccc(-n2c3ccccc3c3cc(-c4ccc5oc6cc7oc8ccc(-c9cccc(-c%10ccc%11oc%12ccccc%12c%11c%10)c9)cc8c7cc6c5c4)ccc32)cc1. The fourth-order valence-corrected chi connectivity index (χ4v) is 9.20. The second-order valence-corrected chi connectivity index (χ2v) is 15.3. The van der Waals surface area contributed by atoms with Crippen molar-refractivity contribution >= 4 is 87.6 Å². The van der Waals surface area contributed by atoms with Gasteiger partial charge >= 0.3 is 0 Å². The van der Waals surface area contributed by atoms with Crippen molar-refractivity contribution in [1.29, 1.82) is 0 Å². The van der Waals surface area contributed by atoms with Crippen molar-refractivity contribution in [3.63, 3.8) is 0 Å². The number of hydrogen-bond acceptors (Lipinski definition) is 3. The summed E-state index contributed by atoms with van der Waals surface area (Å²) in [4.78, 5) is 0. The van der Waals surface area contributed by atoms with E-state index in [4.69, 9.17) is 13.3 Å². The number of rotatable bonds is 4. The summed E-state index contributed by atoms with van der Waals surface area (Å²) >= 11 is 0. The highest BCUT2D eigenvalue weighted by Gasteiger charge is 2.17. The Labute approximate surface area is 331 Å². The van der Waals surface area contributed by atoms with Crippen LogP contribution < -0.4 is 0 Å². The van der Waals surface area contributed by atoms with Gasteiger partial charge in [0.25, 0.3) is 0 Å². The normalized spacial score (nSPS) is 12.1. The molecule has 13 rings (SSSR count). The topological polar surface area (TPSA) is 44.4 Å². The smallest absolute Gasteiger partial charge is 0.139 e. The fourth-order valence-electron chi connectivity index (χ4n) is 9.20. The summed E-state index contributed by atoms with van der Waals surface area (Å²) < 4.78 is 21.3. The second kappa shape index (κ2) is 11.8. The monoisotopic (exact) mass is 741 g/mol. The van der Waals surface area contributed by atoms with E-state index in [2.05, 4.69) is 174 Å². The molecule has 0 aliphatic carbocycles. The molecule has 13 aromatic rings. The highest BCUT2D eigenvalue weighted by Crippen LogP contribution is 2.41. The summed E-state index contributed by atoms with van der Waals surface area (Å²) in [6.45, 7) is 0. The van der Waals surface area contributed by atoms with Gasteiger partial charge in [0, 0.05) is 54.8 Å². The van der Waals surface area contributed by atoms with E-state index in [1.807, 2.05) is 18.2 Å². The van der Waals surface area contributed by atoms with Crippen LogP contribution in [0.4, 0.5) is 0 Å². The molecule has 0 fully saturated rings. The number of nitrogens with zero attached hydrogens (tertiary/aromatic N) is 1. The Kier molecular flexibility index (Phi) is 6.41. The first-order chi connectivity index (χ1) is 28.7. The van der Waals surface area contributed by atoms with Crippen LogP contribution in [0.15, 0.2) is 201 Å². The average molecular weight is 742 g/mol. The molecule has 0 saturated heterocycles. The molecule has 0 N–H and O–H groups in total. The van der Waals surface area contributed by atoms with Crippen LogP contribution in [0.1, 0.15) is 0 Å². The summed E-state index contributed by atoms with van der Waals surface area (Å²) in [5.74, 6) is 0. The molecule has 4 aromatic heterocycles. The molecule has 0 amide bonds. The van der Waals surface area contributed by atoms with Crippen LogP contribution in [0.2, 0.25) is 0 Å². The van der Waals surface area contributed by atoms with Gasteiger partial charge in [-0.05, 0) is 118 Å². The number of furan rings is 3. The van der Waals surface area contributed by atoms with E-state index in [1.54, 1.807) is 0 Å². The lowest BCUT2D eigenvalue weighted by Gasteiger charge is -2.08. The number of para-hydroxylation sites is 3. The van der Waals surface area contributed by atoms with Crippen LogP contribution in [0.25, 0.3) is 127 Å². The minimum absolute atomic E-state index is 0.813. The Morgan fingerprint density at radius 1 is 0.241 bits per heavy atom. The van der Waals surface area contributed by atoms with Crippen molar-refractivity contribution in [3.05, 3.63) is 188 Å². The largest absolute Gasteiger partial charge is 0.456 e. The van der Waals surface area contributed by atoms with Gasteiger partial charge in [-0.3, -0.25) is 0 Å². The van der Waals surface area contributed by atoms with Gasteiger partial charge in [-0.1, -0.05) is 97.1 Å². The van der Waals surface area contributed by atoms with Crippen molar-refractivity contribution < 1.29 is 13.3 Å². The van der Waals surface area contributed by atoms with Gasteiger partial charge in [0.1, 0.15) is 33.5 Å². The molecule has 0 radical (unpaired) electrons. The number of hydrogen-bond donors (Lipinski definition) is 0. The summed E-state index contributed by atoms with van der Waals surface area (Å²) in [5, 5.41) is 9.04. The van der Waals surface area contributed by atoms with Crippen molar-refractivity contribution in [3.8, 4) is 39.1 Å². The quantitative estimate of drug-likeness (QED) is 0.180. The molecule has 0 aliphatic rings. The third kappa shape index (κ3) is 4.63. The molecule has 0 saturated carbocycles. The average Bonchev–Trinajstić information content (AvgIpc) is 4.03. The van der Waals surface area contributed by atoms with Gasteiger partial charge in [0.2, 0.25) is 0 Å². The van der Waals surface area contributed by atoms with Crippen LogP contribution in [-0.2, 0) is 0 Å². The maximum absolute atomic E-state index is 6.45. The van der Waals surface area contributed by atoms with E-state index in [0.717, 1.165) is 99.3 Å². The van der Waals surface area contributed by atoms with Gasteiger partial charge in [0.15, 0.2) is 0 Å². The predicted octanol–water partition coefficient (Wildman–Crippen LogP) is 15.5. The van der Waals surface area contributed by atoms with E-state index >= 15 is 0 Å². The van der Waals surface area contributed by atoms with Crippen LogP contribution in [-0.4, -0.2) is 4.57 Å². The molecule has 0 aliphatic heterocycles. The molecule has 9 aromatic carbocycles. The zero-order valence-corrected chi connectivity index (χ0v) is 31.1. The van der Waals surface area contributed by atoms with Gasteiger partial charge in [-0.15, -0.1) is 0 Å². The van der Waals surface area contributed by atoms with E-state index in [9.17, 15) is 0 Å². The zero-order chi connectivity index (χ0) is 37.9. The summed E-state index contributed by atoms with van der Waals surface area (Å²) in [7, 11) is 0. The Morgan fingerprint density at radius 3 is 1.34 bits per heavy atom. The first kappa shape index (κ1) is 31.4. The third-order valence-electron chi connectivity index (χ3n) is 12.0. The van der Waals surface area contributed by atoms with Gasteiger partial charge in [-0.25, -0.2) is 0 Å². The van der Waals surface area contributed by atoms with Crippen molar-refractivity contribution in [2.24, 2.45) is 0 Å². The van der Waals surface area contributed by atoms with E-state index in [1.165, 1.54) is 27.4 Å². The van der Waals surface area contributed by atoms with Crippen LogP contribution in [0.3, 0.4) is 0 Å². The van der Waals surface area contributed by atoms with E-state index in [0.29, 0.717) is 0 Å². The minimum atomic E-state index is 0.813. The Bertz CT molecular complexity index is 3800. The van der Waals surface area contributed by atoms with Crippen LogP contribution >= 0.6 is 0 Å². The maximum Gasteiger partial charge on any atom is 0.139 e. The van der Waals surface area contributed by atoms with Crippen LogP contribution in [0, 0.1) is 0 Å². The molecular formula is C54H31NO3. The number of fused-ring (bicyclic) bond motifs is 12. The highest BCUT2D eigenvalue weighted by atomic mass is 16.3. The van der Waals surface area contributed by atoms with Gasteiger partial charge in [0.05, 0.1) is 11.0 Å². The highest BCUT2D eigenvalue weighted by molar-refractivity contribution is 6.16. The predicted molar refractivity (Wildman–Crippen MR) is 239 cm³/mol. The first-order valence-corrected chi connectivity index (χ1v) is 19.6. The molecular weight excluding hydrogens is 711 g/mol. The summed E-state index contributed by atoms with van der Waals surface area (Å²) in [5.41, 5.74) is 15.6. The number of benzene rings is 9. The molecule has 270 valence electrons.